The van der Waals surface area contributed by atoms with Crippen molar-refractivity contribution in [3.05, 3.63) is 11.6 Å². The standard InChI is InChI=1S/C24H42O4/c1-4-5-6-7-10-17(2)13-21(25)24-20-15-18(14-19(20)16-22(24)26)11-8-9-12-23(27)28-3/h14,17,19-22,24-26H,4-13,15-16H2,1-3H3/t17-,19+,20+,21-,22+,24+/m1/s1. The molecule has 0 radical (unpaired) electrons. The number of hydrogen-bond donors (Lipinski definition) is 2. The Labute approximate surface area is 171 Å². The second-order valence-electron chi connectivity index (χ2n) is 9.28. The SMILES string of the molecule is CCCCCC[C@@H](C)C[C@@H](O)[C@@H]1[C@H]2CC(CCCCC(=O)OC)=C[C@H]2C[C@@H]1O. The lowest BCUT2D eigenvalue weighted by Crippen LogP contribution is -2.33. The number of hydrogen-bond acceptors (Lipinski definition) is 4. The van der Waals surface area contributed by atoms with E-state index in [1.807, 2.05) is 0 Å². The zero-order chi connectivity index (χ0) is 20.5. The number of fused-ring (bicyclic) bond motifs is 1. The van der Waals surface area contributed by atoms with E-state index >= 15 is 0 Å². The van der Waals surface area contributed by atoms with Crippen molar-refractivity contribution in [3.63, 3.8) is 0 Å². The first-order valence-corrected chi connectivity index (χ1v) is 11.6. The van der Waals surface area contributed by atoms with Gasteiger partial charge in [-0.1, -0.05) is 57.6 Å². The molecule has 4 nitrogen and oxygen atoms in total. The van der Waals surface area contributed by atoms with E-state index < -0.39 is 6.10 Å². The number of esters is 1. The van der Waals surface area contributed by atoms with Gasteiger partial charge in [0, 0.05) is 12.3 Å². The van der Waals surface area contributed by atoms with E-state index in [0.717, 1.165) is 38.5 Å². The minimum atomic E-state index is -0.391. The zero-order valence-corrected chi connectivity index (χ0v) is 18.2. The van der Waals surface area contributed by atoms with Gasteiger partial charge in [0.25, 0.3) is 0 Å². The van der Waals surface area contributed by atoms with Crippen LogP contribution in [0.15, 0.2) is 11.6 Å². The first-order valence-electron chi connectivity index (χ1n) is 11.6. The van der Waals surface area contributed by atoms with Crippen LogP contribution in [-0.4, -0.2) is 35.5 Å². The second kappa shape index (κ2) is 12.0. The molecular weight excluding hydrogens is 352 g/mol. The fraction of sp³-hybridized carbons (Fsp3) is 0.875. The summed E-state index contributed by atoms with van der Waals surface area (Å²) in [7, 11) is 1.44. The van der Waals surface area contributed by atoms with Crippen LogP contribution >= 0.6 is 0 Å². The number of allylic oxidation sites excluding steroid dienone is 2. The maximum atomic E-state index is 11.2. The van der Waals surface area contributed by atoms with Crippen molar-refractivity contribution in [2.45, 2.75) is 103 Å². The molecule has 0 unspecified atom stereocenters. The summed E-state index contributed by atoms with van der Waals surface area (Å²) in [5.41, 5.74) is 1.46. The van der Waals surface area contributed by atoms with Crippen LogP contribution in [0.4, 0.5) is 0 Å². The molecule has 0 aromatic carbocycles. The van der Waals surface area contributed by atoms with Gasteiger partial charge < -0.3 is 14.9 Å². The number of carbonyl (C=O) groups excluding carboxylic acids is 1. The highest BCUT2D eigenvalue weighted by atomic mass is 16.5. The molecule has 2 aliphatic carbocycles. The van der Waals surface area contributed by atoms with Gasteiger partial charge in [-0.3, -0.25) is 4.79 Å². The molecule has 0 amide bonds. The molecule has 0 aromatic heterocycles. The van der Waals surface area contributed by atoms with Crippen LogP contribution in [0.1, 0.15) is 90.9 Å². The van der Waals surface area contributed by atoms with Crippen molar-refractivity contribution in [2.75, 3.05) is 7.11 Å². The van der Waals surface area contributed by atoms with E-state index in [0.29, 0.717) is 24.2 Å². The first kappa shape index (κ1) is 23.4. The Morgan fingerprint density at radius 2 is 2.04 bits per heavy atom. The third kappa shape index (κ3) is 6.88. The van der Waals surface area contributed by atoms with E-state index in [2.05, 4.69) is 19.9 Å². The third-order valence-electron chi connectivity index (χ3n) is 6.95. The predicted octanol–water partition coefficient (Wildman–Crippen LogP) is 5.02. The van der Waals surface area contributed by atoms with Gasteiger partial charge in [-0.25, -0.2) is 0 Å². The van der Waals surface area contributed by atoms with E-state index in [9.17, 15) is 15.0 Å². The highest BCUT2D eigenvalue weighted by Gasteiger charge is 2.47. The largest absolute Gasteiger partial charge is 0.469 e. The summed E-state index contributed by atoms with van der Waals surface area (Å²) in [5, 5.41) is 21.5. The minimum Gasteiger partial charge on any atom is -0.469 e. The van der Waals surface area contributed by atoms with Gasteiger partial charge >= 0.3 is 5.97 Å². The molecule has 0 saturated heterocycles. The zero-order valence-electron chi connectivity index (χ0n) is 18.2. The van der Waals surface area contributed by atoms with Crippen molar-refractivity contribution in [1.82, 2.24) is 0 Å². The molecule has 0 aliphatic heterocycles. The molecule has 2 aliphatic rings. The van der Waals surface area contributed by atoms with Crippen molar-refractivity contribution >= 4 is 5.97 Å². The lowest BCUT2D eigenvalue weighted by molar-refractivity contribution is -0.140. The fourth-order valence-corrected chi connectivity index (χ4v) is 5.39. The molecule has 4 heteroatoms. The number of methoxy groups -OCH3 is 1. The summed E-state index contributed by atoms with van der Waals surface area (Å²) in [6, 6.07) is 0. The maximum absolute atomic E-state index is 11.2. The lowest BCUT2D eigenvalue weighted by atomic mass is 9.81. The topological polar surface area (TPSA) is 66.8 Å². The molecule has 2 rings (SSSR count). The van der Waals surface area contributed by atoms with Gasteiger partial charge in [-0.2, -0.15) is 0 Å². The Hall–Kier alpha value is -0.870. The quantitative estimate of drug-likeness (QED) is 0.261. The molecule has 162 valence electrons. The third-order valence-corrected chi connectivity index (χ3v) is 6.95. The van der Waals surface area contributed by atoms with Crippen molar-refractivity contribution in [2.24, 2.45) is 23.7 Å². The van der Waals surface area contributed by atoms with Crippen LogP contribution in [0.3, 0.4) is 0 Å². The predicted molar refractivity (Wildman–Crippen MR) is 113 cm³/mol. The number of ether oxygens (including phenoxy) is 1. The summed E-state index contributed by atoms with van der Waals surface area (Å²) < 4.78 is 4.69. The summed E-state index contributed by atoms with van der Waals surface area (Å²) >= 11 is 0. The normalized spacial score (nSPS) is 28.7. The summed E-state index contributed by atoms with van der Waals surface area (Å²) in [5.74, 6) is 1.22. The Morgan fingerprint density at radius 1 is 1.25 bits per heavy atom. The van der Waals surface area contributed by atoms with Gasteiger partial charge in [0.15, 0.2) is 0 Å². The van der Waals surface area contributed by atoms with Crippen LogP contribution in [0.2, 0.25) is 0 Å². The number of aliphatic hydroxyl groups excluding tert-OH is 2. The average Bonchev–Trinajstić information content (AvgIpc) is 3.17. The first-order chi connectivity index (χ1) is 13.5. The molecule has 28 heavy (non-hydrogen) atoms. The Morgan fingerprint density at radius 3 is 2.75 bits per heavy atom. The van der Waals surface area contributed by atoms with Gasteiger partial charge in [-0.15, -0.1) is 0 Å². The number of aliphatic hydroxyl groups is 2. The Balaban J connectivity index is 1.75. The van der Waals surface area contributed by atoms with Gasteiger partial charge in [0.05, 0.1) is 19.3 Å². The van der Waals surface area contributed by atoms with E-state index in [4.69, 9.17) is 4.74 Å². The minimum absolute atomic E-state index is 0.0203. The van der Waals surface area contributed by atoms with E-state index in [-0.39, 0.29) is 18.0 Å². The summed E-state index contributed by atoms with van der Waals surface area (Å²) in [6.45, 7) is 4.47. The monoisotopic (exact) mass is 394 g/mol. The smallest absolute Gasteiger partial charge is 0.305 e. The van der Waals surface area contributed by atoms with Gasteiger partial charge in [0.2, 0.25) is 0 Å². The highest BCUT2D eigenvalue weighted by Crippen LogP contribution is 2.49. The van der Waals surface area contributed by atoms with Crippen molar-refractivity contribution in [1.29, 1.82) is 0 Å². The van der Waals surface area contributed by atoms with Crippen molar-refractivity contribution < 1.29 is 19.7 Å². The molecule has 0 heterocycles. The highest BCUT2D eigenvalue weighted by molar-refractivity contribution is 5.68. The van der Waals surface area contributed by atoms with Crippen LogP contribution in [-0.2, 0) is 9.53 Å². The molecule has 0 aromatic rings. The van der Waals surface area contributed by atoms with Crippen molar-refractivity contribution in [3.8, 4) is 0 Å². The maximum Gasteiger partial charge on any atom is 0.305 e. The lowest BCUT2D eigenvalue weighted by Gasteiger charge is -2.29. The Bertz CT molecular complexity index is 501. The number of rotatable bonds is 13. The molecule has 1 fully saturated rings. The fourth-order valence-electron chi connectivity index (χ4n) is 5.39. The number of carbonyl (C=O) groups is 1. The molecule has 0 bridgehead atoms. The number of unbranched alkanes of at least 4 members (excludes halogenated alkanes) is 4. The molecule has 1 saturated carbocycles. The second-order valence-corrected chi connectivity index (χ2v) is 9.28. The molecule has 2 N–H and O–H groups in total. The molecule has 6 atom stereocenters. The van der Waals surface area contributed by atoms with Crippen LogP contribution < -0.4 is 0 Å². The average molecular weight is 395 g/mol. The van der Waals surface area contributed by atoms with Crippen LogP contribution in [0.5, 0.6) is 0 Å². The van der Waals surface area contributed by atoms with Gasteiger partial charge in [0.1, 0.15) is 0 Å². The van der Waals surface area contributed by atoms with E-state index in [1.165, 1.54) is 44.8 Å². The Kier molecular flexibility index (Phi) is 10.0. The van der Waals surface area contributed by atoms with Crippen LogP contribution in [0.25, 0.3) is 0 Å². The molecular formula is C24H42O4. The summed E-state index contributed by atoms with van der Waals surface area (Å²) in [6.07, 6.45) is 13.9. The summed E-state index contributed by atoms with van der Waals surface area (Å²) in [4.78, 5) is 11.2. The van der Waals surface area contributed by atoms with E-state index in [1.54, 1.807) is 0 Å². The van der Waals surface area contributed by atoms with Gasteiger partial charge in [-0.05, 0) is 56.3 Å². The molecule has 0 spiro atoms. The van der Waals surface area contributed by atoms with Crippen LogP contribution in [0, 0.1) is 23.7 Å².